The molecule has 2 N–H and O–H groups in total. The molecular weight excluding hydrogens is 160 g/mol. The van der Waals surface area contributed by atoms with E-state index < -0.39 is 12.0 Å². The lowest BCUT2D eigenvalue weighted by Gasteiger charge is -2.09. The molecule has 0 spiro atoms. The van der Waals surface area contributed by atoms with Gasteiger partial charge in [-0.2, -0.15) is 0 Å². The van der Waals surface area contributed by atoms with E-state index in [1.54, 1.807) is 6.92 Å². The van der Waals surface area contributed by atoms with Crippen molar-refractivity contribution in [2.75, 3.05) is 13.1 Å². The van der Waals surface area contributed by atoms with Crippen LogP contribution in [-0.4, -0.2) is 30.2 Å². The van der Waals surface area contributed by atoms with Gasteiger partial charge in [-0.25, -0.2) is 0 Å². The molecule has 0 saturated carbocycles. The van der Waals surface area contributed by atoms with Gasteiger partial charge in [-0.15, -0.1) is 0 Å². The predicted octanol–water partition coefficient (Wildman–Crippen LogP) is 0.749. The van der Waals surface area contributed by atoms with Gasteiger partial charge in [-0.05, 0) is 12.0 Å². The molecule has 1 atom stereocenters. The van der Waals surface area contributed by atoms with E-state index in [9.17, 15) is 4.79 Å². The highest BCUT2D eigenvalue weighted by atomic mass is 16.4. The van der Waals surface area contributed by atoms with Gasteiger partial charge in [-0.3, -0.25) is 4.79 Å². The van der Waals surface area contributed by atoms with E-state index in [4.69, 9.17) is 10.6 Å². The van der Waals surface area contributed by atoms with E-state index in [-0.39, 0.29) is 6.54 Å². The van der Waals surface area contributed by atoms with Crippen LogP contribution in [0.4, 0.5) is 0 Å². The first-order valence-corrected chi connectivity index (χ1v) is 3.69. The van der Waals surface area contributed by atoms with Gasteiger partial charge < -0.3 is 10.4 Å². The molecule has 0 aromatic heterocycles. The number of carbonyl (C=O) groups is 1. The summed E-state index contributed by atoms with van der Waals surface area (Å²) in [6.45, 7) is 2.45. The van der Waals surface area contributed by atoms with E-state index in [1.807, 2.05) is 0 Å². The van der Waals surface area contributed by atoms with Crippen LogP contribution in [0, 0.1) is 0 Å². The van der Waals surface area contributed by atoms with Crippen molar-refractivity contribution in [3.8, 4) is 0 Å². The van der Waals surface area contributed by atoms with Gasteiger partial charge in [0.2, 0.25) is 0 Å². The summed E-state index contributed by atoms with van der Waals surface area (Å²) in [6.07, 6.45) is 0.519. The fourth-order valence-corrected chi connectivity index (χ4v) is 0.740. The highest BCUT2D eigenvalue weighted by Crippen LogP contribution is 1.89. The number of hydrogen-bond donors (Lipinski definition) is 2. The SMILES string of the molecule is CCC(NCCN=[N+]=[N-])C(=O)O. The van der Waals surface area contributed by atoms with Gasteiger partial charge in [0, 0.05) is 18.0 Å². The molecule has 0 heterocycles. The van der Waals surface area contributed by atoms with Crippen LogP contribution in [0.25, 0.3) is 10.4 Å². The van der Waals surface area contributed by atoms with Gasteiger partial charge in [0.15, 0.2) is 0 Å². The van der Waals surface area contributed by atoms with Crippen LogP contribution in [0.3, 0.4) is 0 Å². The van der Waals surface area contributed by atoms with Crippen molar-refractivity contribution in [3.05, 3.63) is 10.4 Å². The number of carboxylic acids is 1. The predicted molar refractivity (Wildman–Crippen MR) is 43.7 cm³/mol. The van der Waals surface area contributed by atoms with Crippen LogP contribution < -0.4 is 5.32 Å². The molecule has 0 aliphatic rings. The van der Waals surface area contributed by atoms with Crippen LogP contribution in [0.2, 0.25) is 0 Å². The Morgan fingerprint density at radius 2 is 2.50 bits per heavy atom. The monoisotopic (exact) mass is 172 g/mol. The number of nitrogens with zero attached hydrogens (tertiary/aromatic N) is 3. The van der Waals surface area contributed by atoms with Gasteiger partial charge >= 0.3 is 5.97 Å². The van der Waals surface area contributed by atoms with Gasteiger partial charge in [0.25, 0.3) is 0 Å². The highest BCUT2D eigenvalue weighted by molar-refractivity contribution is 5.73. The van der Waals surface area contributed by atoms with Crippen molar-refractivity contribution in [2.24, 2.45) is 5.11 Å². The number of rotatable bonds is 6. The third-order valence-electron chi connectivity index (χ3n) is 1.37. The minimum absolute atomic E-state index is 0.278. The second-order valence-electron chi connectivity index (χ2n) is 2.21. The molecule has 0 bridgehead atoms. The lowest BCUT2D eigenvalue weighted by molar-refractivity contribution is -0.139. The van der Waals surface area contributed by atoms with E-state index in [0.717, 1.165) is 0 Å². The zero-order valence-electron chi connectivity index (χ0n) is 6.90. The third-order valence-corrected chi connectivity index (χ3v) is 1.37. The number of nitrogens with one attached hydrogen (secondary N) is 1. The first kappa shape index (κ1) is 10.7. The number of carboxylic acid groups (broad SMARTS) is 1. The van der Waals surface area contributed by atoms with Crippen molar-refractivity contribution in [1.82, 2.24) is 5.32 Å². The Morgan fingerprint density at radius 1 is 1.83 bits per heavy atom. The van der Waals surface area contributed by atoms with Crippen LogP contribution in [0.5, 0.6) is 0 Å². The van der Waals surface area contributed by atoms with Gasteiger partial charge in [0.05, 0.1) is 0 Å². The van der Waals surface area contributed by atoms with E-state index in [1.165, 1.54) is 0 Å². The lowest BCUT2D eigenvalue weighted by atomic mass is 10.2. The third kappa shape index (κ3) is 4.54. The maximum absolute atomic E-state index is 10.4. The normalized spacial score (nSPS) is 11.8. The summed E-state index contributed by atoms with van der Waals surface area (Å²) in [7, 11) is 0. The number of azide groups is 1. The van der Waals surface area contributed by atoms with Crippen LogP contribution in [-0.2, 0) is 4.79 Å². The molecule has 6 heteroatoms. The molecule has 68 valence electrons. The molecule has 0 aliphatic carbocycles. The standard InChI is InChI=1S/C6H12N4O2/c1-2-5(6(11)12)8-3-4-9-10-7/h5,8H,2-4H2,1H3,(H,11,12). The fraction of sp³-hybridized carbons (Fsp3) is 0.833. The maximum Gasteiger partial charge on any atom is 0.320 e. The molecule has 0 aliphatic heterocycles. The molecule has 0 radical (unpaired) electrons. The minimum Gasteiger partial charge on any atom is -0.480 e. The molecule has 0 saturated heterocycles. The second kappa shape index (κ2) is 6.45. The first-order valence-electron chi connectivity index (χ1n) is 3.69. The Labute approximate surface area is 70.2 Å². The molecular formula is C6H12N4O2. The fourth-order valence-electron chi connectivity index (χ4n) is 0.740. The van der Waals surface area contributed by atoms with Crippen molar-refractivity contribution in [2.45, 2.75) is 19.4 Å². The molecule has 0 amide bonds. The van der Waals surface area contributed by atoms with E-state index >= 15 is 0 Å². The summed E-state index contributed by atoms with van der Waals surface area (Å²) in [4.78, 5) is 13.0. The van der Waals surface area contributed by atoms with Crippen LogP contribution in [0.1, 0.15) is 13.3 Å². The topological polar surface area (TPSA) is 98.1 Å². The Kier molecular flexibility index (Phi) is 5.77. The van der Waals surface area contributed by atoms with E-state index in [2.05, 4.69) is 15.3 Å². The average molecular weight is 172 g/mol. The van der Waals surface area contributed by atoms with Crippen molar-refractivity contribution < 1.29 is 9.90 Å². The first-order chi connectivity index (χ1) is 5.72. The summed E-state index contributed by atoms with van der Waals surface area (Å²) in [5.41, 5.74) is 7.91. The summed E-state index contributed by atoms with van der Waals surface area (Å²) in [6, 6.07) is -0.543. The second-order valence-corrected chi connectivity index (χ2v) is 2.21. The zero-order chi connectivity index (χ0) is 9.40. The van der Waals surface area contributed by atoms with Crippen LogP contribution in [0.15, 0.2) is 5.11 Å². The smallest absolute Gasteiger partial charge is 0.320 e. The zero-order valence-corrected chi connectivity index (χ0v) is 6.90. The summed E-state index contributed by atoms with van der Waals surface area (Å²) >= 11 is 0. The van der Waals surface area contributed by atoms with Crippen LogP contribution >= 0.6 is 0 Å². The van der Waals surface area contributed by atoms with Gasteiger partial charge in [0.1, 0.15) is 6.04 Å². The highest BCUT2D eigenvalue weighted by Gasteiger charge is 2.12. The maximum atomic E-state index is 10.4. The van der Waals surface area contributed by atoms with Crippen molar-refractivity contribution in [3.63, 3.8) is 0 Å². The summed E-state index contributed by atoms with van der Waals surface area (Å²) < 4.78 is 0. The molecule has 0 aromatic rings. The Balaban J connectivity index is 3.58. The number of aliphatic carboxylic acids is 1. The lowest BCUT2D eigenvalue weighted by Crippen LogP contribution is -2.37. The largest absolute Gasteiger partial charge is 0.480 e. The summed E-state index contributed by atoms with van der Waals surface area (Å²) in [5, 5.41) is 14.6. The Bertz CT molecular complexity index is 188. The molecule has 0 aromatic carbocycles. The Morgan fingerprint density at radius 3 is 2.92 bits per heavy atom. The molecule has 0 fully saturated rings. The van der Waals surface area contributed by atoms with Crippen molar-refractivity contribution in [1.29, 1.82) is 0 Å². The molecule has 0 rings (SSSR count). The Hall–Kier alpha value is -1.26. The minimum atomic E-state index is -0.876. The molecule has 12 heavy (non-hydrogen) atoms. The van der Waals surface area contributed by atoms with Crippen molar-refractivity contribution >= 4 is 5.97 Å². The quantitative estimate of drug-likeness (QED) is 0.267. The molecule has 1 unspecified atom stereocenters. The van der Waals surface area contributed by atoms with E-state index in [0.29, 0.717) is 13.0 Å². The summed E-state index contributed by atoms with van der Waals surface area (Å²) in [5.74, 6) is -0.876. The average Bonchev–Trinajstić information content (AvgIpc) is 2.04. The van der Waals surface area contributed by atoms with Gasteiger partial charge in [-0.1, -0.05) is 12.0 Å². The number of hydrogen-bond acceptors (Lipinski definition) is 3. The molecule has 6 nitrogen and oxygen atoms in total.